The number of nitrogens with one attached hydrogen (secondary N) is 1. The molecule has 1 amide bonds. The van der Waals surface area contributed by atoms with Crippen molar-refractivity contribution in [3.8, 4) is 0 Å². The van der Waals surface area contributed by atoms with Gasteiger partial charge < -0.3 is 11.1 Å². The predicted octanol–water partition coefficient (Wildman–Crippen LogP) is 0.900. The summed E-state index contributed by atoms with van der Waals surface area (Å²) < 4.78 is 0. The average molecular weight is 207 g/mol. The van der Waals surface area contributed by atoms with Crippen LogP contribution in [-0.2, 0) is 4.84 Å². The topological polar surface area (TPSA) is 79.4 Å². The first-order valence-corrected chi connectivity index (χ1v) is 4.33. The van der Waals surface area contributed by atoms with Crippen molar-refractivity contribution in [3.05, 3.63) is 29.3 Å². The summed E-state index contributed by atoms with van der Waals surface area (Å²) in [5.41, 5.74) is 6.82. The molecule has 0 unspecified atom stereocenters. The summed E-state index contributed by atoms with van der Waals surface area (Å²) in [6.07, 6.45) is 1.06. The molecule has 0 heterocycles. The van der Waals surface area contributed by atoms with E-state index >= 15 is 0 Å². The van der Waals surface area contributed by atoms with E-state index in [1.807, 2.05) is 0 Å². The van der Waals surface area contributed by atoms with Crippen LogP contribution in [0.1, 0.15) is 15.9 Å². The predicted molar refractivity (Wildman–Crippen MR) is 57.8 cm³/mol. The van der Waals surface area contributed by atoms with Gasteiger partial charge in [-0.2, -0.15) is 0 Å². The van der Waals surface area contributed by atoms with E-state index in [1.165, 1.54) is 14.2 Å². The highest BCUT2D eigenvalue weighted by atomic mass is 16.7. The van der Waals surface area contributed by atoms with E-state index in [0.29, 0.717) is 16.8 Å². The number of nitrogen functional groups attached to an aromatic ring is 1. The van der Waals surface area contributed by atoms with Crippen molar-refractivity contribution in [2.75, 3.05) is 19.9 Å². The van der Waals surface area contributed by atoms with E-state index in [-0.39, 0.29) is 5.91 Å². The zero-order chi connectivity index (χ0) is 11.4. The van der Waals surface area contributed by atoms with Gasteiger partial charge in [-0.05, 0) is 12.1 Å². The molecule has 5 nitrogen and oxygen atoms in total. The molecule has 0 aliphatic heterocycles. The molecule has 5 heteroatoms. The fourth-order valence-corrected chi connectivity index (χ4v) is 1.18. The van der Waals surface area contributed by atoms with Crippen molar-refractivity contribution in [1.82, 2.24) is 5.06 Å². The van der Waals surface area contributed by atoms with E-state index < -0.39 is 0 Å². The number of anilines is 1. The number of hydrogen-bond donors (Lipinski definition) is 2. The Hall–Kier alpha value is -1.88. The minimum Gasteiger partial charge on any atom is -0.398 e. The Morgan fingerprint density at radius 3 is 2.80 bits per heavy atom. The zero-order valence-electron chi connectivity index (χ0n) is 8.65. The molecule has 80 valence electrons. The van der Waals surface area contributed by atoms with Gasteiger partial charge >= 0.3 is 0 Å². The molecular weight excluding hydrogens is 194 g/mol. The van der Waals surface area contributed by atoms with Crippen LogP contribution in [0.3, 0.4) is 0 Å². The Morgan fingerprint density at radius 1 is 1.60 bits per heavy atom. The third-order valence-corrected chi connectivity index (χ3v) is 2.07. The number of carbonyl (C=O) groups is 1. The lowest BCUT2D eigenvalue weighted by Crippen LogP contribution is -2.26. The summed E-state index contributed by atoms with van der Waals surface area (Å²) in [4.78, 5) is 16.5. The highest BCUT2D eigenvalue weighted by Crippen LogP contribution is 2.16. The molecule has 0 saturated heterocycles. The summed E-state index contributed by atoms with van der Waals surface area (Å²) in [6, 6.07) is 4.91. The lowest BCUT2D eigenvalue weighted by molar-refractivity contribution is -0.0757. The number of nitrogens with two attached hydrogens (primary N) is 1. The second kappa shape index (κ2) is 4.56. The molecule has 1 aromatic rings. The Kier molecular flexibility index (Phi) is 3.41. The lowest BCUT2D eigenvalue weighted by atomic mass is 10.1. The molecule has 0 spiro atoms. The van der Waals surface area contributed by atoms with Gasteiger partial charge in [-0.3, -0.25) is 9.63 Å². The van der Waals surface area contributed by atoms with Crippen LogP contribution < -0.4 is 5.73 Å². The molecule has 0 aliphatic carbocycles. The molecule has 3 N–H and O–H groups in total. The molecular formula is C10H13N3O2. The first-order valence-electron chi connectivity index (χ1n) is 4.33. The minimum absolute atomic E-state index is 0.330. The van der Waals surface area contributed by atoms with E-state index in [9.17, 15) is 4.79 Å². The molecule has 1 aromatic carbocycles. The van der Waals surface area contributed by atoms with Crippen molar-refractivity contribution in [2.45, 2.75) is 0 Å². The van der Waals surface area contributed by atoms with Crippen LogP contribution >= 0.6 is 0 Å². The zero-order valence-corrected chi connectivity index (χ0v) is 8.65. The van der Waals surface area contributed by atoms with Crippen LogP contribution in [0.5, 0.6) is 0 Å². The quantitative estimate of drug-likeness (QED) is 0.439. The normalized spacial score (nSPS) is 9.73. The number of nitrogens with zero attached hydrogens (tertiary/aromatic N) is 1. The van der Waals surface area contributed by atoms with E-state index in [1.54, 1.807) is 18.2 Å². The third kappa shape index (κ3) is 2.13. The summed E-state index contributed by atoms with van der Waals surface area (Å²) in [6.45, 7) is 0. The van der Waals surface area contributed by atoms with Gasteiger partial charge in [0.15, 0.2) is 0 Å². The van der Waals surface area contributed by atoms with Gasteiger partial charge in [0.2, 0.25) is 0 Å². The van der Waals surface area contributed by atoms with Crippen LogP contribution in [0.2, 0.25) is 0 Å². The van der Waals surface area contributed by atoms with Crippen LogP contribution in [0.25, 0.3) is 0 Å². The molecule has 0 fully saturated rings. The van der Waals surface area contributed by atoms with Crippen LogP contribution in [0.4, 0.5) is 5.69 Å². The number of benzene rings is 1. The summed E-state index contributed by atoms with van der Waals surface area (Å²) in [5.74, 6) is -0.330. The van der Waals surface area contributed by atoms with Gasteiger partial charge in [0, 0.05) is 24.5 Å². The minimum atomic E-state index is -0.330. The first kappa shape index (κ1) is 11.2. The summed E-state index contributed by atoms with van der Waals surface area (Å²) >= 11 is 0. The maximum absolute atomic E-state index is 11.7. The second-order valence-electron chi connectivity index (χ2n) is 2.94. The lowest BCUT2D eigenvalue weighted by Gasteiger charge is -2.15. The highest BCUT2D eigenvalue weighted by Gasteiger charge is 2.15. The molecule has 15 heavy (non-hydrogen) atoms. The average Bonchev–Trinajstić information content (AvgIpc) is 2.26. The Balaban J connectivity index is 3.19. The van der Waals surface area contributed by atoms with Gasteiger partial charge in [0.1, 0.15) is 0 Å². The number of rotatable bonds is 3. The maximum Gasteiger partial charge on any atom is 0.277 e. The number of carbonyl (C=O) groups excluding carboxylic acids is 1. The van der Waals surface area contributed by atoms with Gasteiger partial charge in [-0.15, -0.1) is 0 Å². The van der Waals surface area contributed by atoms with Crippen molar-refractivity contribution >= 4 is 17.8 Å². The van der Waals surface area contributed by atoms with Gasteiger partial charge in [0.05, 0.1) is 12.7 Å². The van der Waals surface area contributed by atoms with E-state index in [2.05, 4.69) is 0 Å². The monoisotopic (exact) mass is 207 g/mol. The van der Waals surface area contributed by atoms with E-state index in [0.717, 1.165) is 11.3 Å². The molecule has 0 radical (unpaired) electrons. The summed E-state index contributed by atoms with van der Waals surface area (Å²) in [7, 11) is 2.90. The highest BCUT2D eigenvalue weighted by molar-refractivity contribution is 6.04. The second-order valence-corrected chi connectivity index (χ2v) is 2.94. The smallest absolute Gasteiger partial charge is 0.277 e. The van der Waals surface area contributed by atoms with Crippen LogP contribution in [-0.4, -0.2) is 31.3 Å². The SMILES string of the molecule is CON(C)C(=O)c1cccc(N)c1C=N. The van der Waals surface area contributed by atoms with Crippen LogP contribution in [0.15, 0.2) is 18.2 Å². The van der Waals surface area contributed by atoms with Crippen molar-refractivity contribution in [2.24, 2.45) is 0 Å². The molecule has 0 atom stereocenters. The fourth-order valence-electron chi connectivity index (χ4n) is 1.18. The van der Waals surface area contributed by atoms with E-state index in [4.69, 9.17) is 16.0 Å². The first-order chi connectivity index (χ1) is 7.11. The molecule has 0 aromatic heterocycles. The molecule has 0 saturated carbocycles. The largest absolute Gasteiger partial charge is 0.398 e. The standard InChI is InChI=1S/C10H13N3O2/c1-13(15-2)10(14)7-4-3-5-9(12)8(7)6-11/h3-6,11H,12H2,1-2H3. The molecule has 1 rings (SSSR count). The number of hydrogen-bond acceptors (Lipinski definition) is 4. The number of hydroxylamine groups is 2. The van der Waals surface area contributed by atoms with Gasteiger partial charge in [-0.25, -0.2) is 5.06 Å². The van der Waals surface area contributed by atoms with Crippen LogP contribution in [0, 0.1) is 5.41 Å². The van der Waals surface area contributed by atoms with Gasteiger partial charge in [-0.1, -0.05) is 6.07 Å². The van der Waals surface area contributed by atoms with Crippen molar-refractivity contribution in [1.29, 1.82) is 5.41 Å². The van der Waals surface area contributed by atoms with Crippen molar-refractivity contribution < 1.29 is 9.63 Å². The maximum atomic E-state index is 11.7. The van der Waals surface area contributed by atoms with Gasteiger partial charge in [0.25, 0.3) is 5.91 Å². The molecule has 0 aliphatic rings. The summed E-state index contributed by atoms with van der Waals surface area (Å²) in [5, 5.41) is 8.29. The Morgan fingerprint density at radius 2 is 2.27 bits per heavy atom. The fraction of sp³-hybridized carbons (Fsp3) is 0.200. The Labute approximate surface area is 87.9 Å². The molecule has 0 bridgehead atoms. The van der Waals surface area contributed by atoms with Crippen molar-refractivity contribution in [3.63, 3.8) is 0 Å². The third-order valence-electron chi connectivity index (χ3n) is 2.07. The Bertz CT molecular complexity index is 390. The number of amides is 1.